The number of rotatable bonds is 2. The second-order valence-corrected chi connectivity index (χ2v) is 4.35. The average molecular weight is 193 g/mol. The number of hydrogen-bond donors (Lipinski definition) is 0. The predicted octanol–water partition coefficient (Wildman–Crippen LogP) is 4.25. The van der Waals surface area contributed by atoms with Gasteiger partial charge in [0.25, 0.3) is 0 Å². The molecule has 0 aliphatic carbocycles. The summed E-state index contributed by atoms with van der Waals surface area (Å²) >= 11 is 0. The average Bonchev–Trinajstić information content (AvgIpc) is 2.08. The molecule has 0 amide bonds. The molecule has 0 saturated heterocycles. The quantitative estimate of drug-likeness (QED) is 0.658. The third-order valence-electron chi connectivity index (χ3n) is 2.55. The van der Waals surface area contributed by atoms with Crippen LogP contribution < -0.4 is 0 Å². The van der Waals surface area contributed by atoms with Gasteiger partial charge in [0.1, 0.15) is 5.82 Å². The van der Waals surface area contributed by atoms with Gasteiger partial charge in [0, 0.05) is 0 Å². The fourth-order valence-electron chi connectivity index (χ4n) is 1.64. The zero-order chi connectivity index (χ0) is 10.9. The van der Waals surface area contributed by atoms with Crippen LogP contribution in [-0.2, 0) is 0 Å². The first-order chi connectivity index (χ1) is 6.45. The minimum atomic E-state index is -0.133. The summed E-state index contributed by atoms with van der Waals surface area (Å²) in [6.45, 7) is 11.9. The Kier molecular flexibility index (Phi) is 3.30. The second kappa shape index (κ2) is 4.12. The van der Waals surface area contributed by atoms with Crippen LogP contribution >= 0.6 is 0 Å². The van der Waals surface area contributed by atoms with E-state index in [1.165, 1.54) is 0 Å². The fourth-order valence-corrected chi connectivity index (χ4v) is 1.64. The molecule has 0 aliphatic rings. The fraction of sp³-hybridized carbons (Fsp3) is 0.462. The Morgan fingerprint density at radius 2 is 1.43 bits per heavy atom. The maximum absolute atomic E-state index is 13.8. The topological polar surface area (TPSA) is 0 Å². The molecule has 0 N–H and O–H groups in total. The van der Waals surface area contributed by atoms with E-state index in [9.17, 15) is 4.39 Å². The zero-order valence-corrected chi connectivity index (χ0v) is 9.39. The Labute approximate surface area is 86.2 Å². The van der Waals surface area contributed by atoms with Crippen molar-refractivity contribution in [3.8, 4) is 0 Å². The van der Waals surface area contributed by atoms with Gasteiger partial charge in [-0.2, -0.15) is 0 Å². The molecule has 0 nitrogen and oxygen atoms in total. The van der Waals surface area contributed by atoms with Crippen LogP contribution in [0.25, 0.3) is 0 Å². The van der Waals surface area contributed by atoms with Crippen LogP contribution in [-0.4, -0.2) is 0 Å². The first-order valence-electron chi connectivity index (χ1n) is 5.09. The monoisotopic (exact) mass is 193 g/mol. The SMILES string of the molecule is [CH2]c1c(C(C)C)ccc(C(C)C)c1F. The van der Waals surface area contributed by atoms with Crippen molar-refractivity contribution in [2.24, 2.45) is 0 Å². The molecule has 0 atom stereocenters. The van der Waals surface area contributed by atoms with Crippen LogP contribution in [0.1, 0.15) is 56.2 Å². The van der Waals surface area contributed by atoms with Crippen molar-refractivity contribution in [3.63, 3.8) is 0 Å². The summed E-state index contributed by atoms with van der Waals surface area (Å²) in [6.07, 6.45) is 0. The molecular formula is C13H18F. The van der Waals surface area contributed by atoms with Gasteiger partial charge in [-0.3, -0.25) is 0 Å². The van der Waals surface area contributed by atoms with E-state index >= 15 is 0 Å². The summed E-state index contributed by atoms with van der Waals surface area (Å²) in [5, 5.41) is 0. The number of halogens is 1. The Morgan fingerprint density at radius 3 is 1.86 bits per heavy atom. The smallest absolute Gasteiger partial charge is 0.130 e. The molecule has 0 heterocycles. The lowest BCUT2D eigenvalue weighted by atomic mass is 9.92. The molecule has 1 heteroatoms. The molecule has 14 heavy (non-hydrogen) atoms. The molecule has 0 spiro atoms. The molecule has 0 aliphatic heterocycles. The largest absolute Gasteiger partial charge is 0.206 e. The molecular weight excluding hydrogens is 175 g/mol. The molecule has 77 valence electrons. The van der Waals surface area contributed by atoms with Gasteiger partial charge in [0.05, 0.1) is 0 Å². The van der Waals surface area contributed by atoms with Crippen LogP contribution in [0, 0.1) is 12.7 Å². The Morgan fingerprint density at radius 1 is 1.00 bits per heavy atom. The van der Waals surface area contributed by atoms with Gasteiger partial charge >= 0.3 is 0 Å². The molecule has 1 radical (unpaired) electrons. The summed E-state index contributed by atoms with van der Waals surface area (Å²) in [7, 11) is 0. The van der Waals surface area contributed by atoms with E-state index in [2.05, 4.69) is 20.8 Å². The molecule has 0 unspecified atom stereocenters. The highest BCUT2D eigenvalue weighted by molar-refractivity contribution is 5.38. The van der Waals surface area contributed by atoms with E-state index < -0.39 is 0 Å². The molecule has 0 aromatic heterocycles. The summed E-state index contributed by atoms with van der Waals surface area (Å²) < 4.78 is 13.8. The first-order valence-corrected chi connectivity index (χ1v) is 5.09. The normalized spacial score (nSPS) is 11.4. The van der Waals surface area contributed by atoms with E-state index in [1.54, 1.807) is 0 Å². The van der Waals surface area contributed by atoms with Crippen molar-refractivity contribution in [1.29, 1.82) is 0 Å². The molecule has 0 fully saturated rings. The molecule has 0 saturated carbocycles. The summed E-state index contributed by atoms with van der Waals surface area (Å²) in [4.78, 5) is 0. The highest BCUT2D eigenvalue weighted by Gasteiger charge is 2.13. The van der Waals surface area contributed by atoms with Crippen LogP contribution in [0.5, 0.6) is 0 Å². The molecule has 1 rings (SSSR count). The number of benzene rings is 1. The van der Waals surface area contributed by atoms with Crippen LogP contribution in [0.4, 0.5) is 4.39 Å². The van der Waals surface area contributed by atoms with Crippen LogP contribution in [0.3, 0.4) is 0 Å². The third-order valence-corrected chi connectivity index (χ3v) is 2.55. The summed E-state index contributed by atoms with van der Waals surface area (Å²) in [5.74, 6) is 0.418. The summed E-state index contributed by atoms with van der Waals surface area (Å²) in [5.41, 5.74) is 2.33. The standard InChI is InChI=1S/C13H18F/c1-8(2)11-6-7-12(9(3)4)13(14)10(11)5/h6-9H,5H2,1-4H3. The highest BCUT2D eigenvalue weighted by atomic mass is 19.1. The van der Waals surface area contributed by atoms with E-state index in [1.807, 2.05) is 26.0 Å². The Balaban J connectivity index is 3.26. The minimum absolute atomic E-state index is 0.133. The van der Waals surface area contributed by atoms with E-state index in [4.69, 9.17) is 0 Å². The minimum Gasteiger partial charge on any atom is -0.206 e. The maximum Gasteiger partial charge on any atom is 0.130 e. The molecule has 0 bridgehead atoms. The van der Waals surface area contributed by atoms with Crippen LogP contribution in [0.2, 0.25) is 0 Å². The van der Waals surface area contributed by atoms with E-state index in [0.29, 0.717) is 11.5 Å². The van der Waals surface area contributed by atoms with Crippen molar-refractivity contribution < 1.29 is 4.39 Å². The second-order valence-electron chi connectivity index (χ2n) is 4.35. The van der Waals surface area contributed by atoms with Crippen molar-refractivity contribution in [2.75, 3.05) is 0 Å². The maximum atomic E-state index is 13.8. The van der Waals surface area contributed by atoms with Gasteiger partial charge < -0.3 is 0 Å². The van der Waals surface area contributed by atoms with E-state index in [-0.39, 0.29) is 11.7 Å². The van der Waals surface area contributed by atoms with Crippen molar-refractivity contribution in [3.05, 3.63) is 41.6 Å². The number of hydrogen-bond acceptors (Lipinski definition) is 0. The van der Waals surface area contributed by atoms with Gasteiger partial charge in [-0.1, -0.05) is 39.8 Å². The molecule has 1 aromatic carbocycles. The van der Waals surface area contributed by atoms with Crippen molar-refractivity contribution in [2.45, 2.75) is 39.5 Å². The Hall–Kier alpha value is -0.850. The van der Waals surface area contributed by atoms with Gasteiger partial charge in [-0.05, 0) is 35.4 Å². The lowest BCUT2D eigenvalue weighted by molar-refractivity contribution is 0.589. The van der Waals surface area contributed by atoms with Gasteiger partial charge in [-0.25, -0.2) is 4.39 Å². The van der Waals surface area contributed by atoms with Gasteiger partial charge in [-0.15, -0.1) is 0 Å². The lowest BCUT2D eigenvalue weighted by Crippen LogP contribution is -2.01. The van der Waals surface area contributed by atoms with Gasteiger partial charge in [0.2, 0.25) is 0 Å². The van der Waals surface area contributed by atoms with Crippen molar-refractivity contribution >= 4 is 0 Å². The summed E-state index contributed by atoms with van der Waals surface area (Å²) in [6, 6.07) is 3.87. The van der Waals surface area contributed by atoms with Gasteiger partial charge in [0.15, 0.2) is 0 Å². The molecule has 1 aromatic rings. The highest BCUT2D eigenvalue weighted by Crippen LogP contribution is 2.27. The Bertz CT molecular complexity index is 291. The first kappa shape index (κ1) is 11.2. The third kappa shape index (κ3) is 1.97. The van der Waals surface area contributed by atoms with Crippen molar-refractivity contribution in [1.82, 2.24) is 0 Å². The van der Waals surface area contributed by atoms with E-state index in [0.717, 1.165) is 11.1 Å². The predicted molar refractivity (Wildman–Crippen MR) is 59.0 cm³/mol. The zero-order valence-electron chi connectivity index (χ0n) is 9.39. The van der Waals surface area contributed by atoms with Crippen LogP contribution in [0.15, 0.2) is 12.1 Å². The lowest BCUT2D eigenvalue weighted by Gasteiger charge is -2.15.